The molecule has 0 saturated heterocycles. The molecule has 9 heteroatoms. The summed E-state index contributed by atoms with van der Waals surface area (Å²) < 4.78 is 31.8. The number of nitrogens with one attached hydrogen (secondary N) is 1. The third-order valence-electron chi connectivity index (χ3n) is 8.77. The molecule has 2 aromatic carbocycles. The number of carbonyl (C=O) groups is 2. The lowest BCUT2D eigenvalue weighted by molar-refractivity contribution is -0.137. The van der Waals surface area contributed by atoms with Gasteiger partial charge in [-0.1, -0.05) is 44.2 Å². The SMILES string of the molecule is CC1(C)[C@H]2C[C@@H](C/C=C\CCCC(=O)O)[C@H](NC(=O)c3csc4ccc(OS(=O)(=O)c5ccccc5)cc34)[C@@H]1C2. The Morgan fingerprint density at radius 2 is 1.90 bits per heavy atom. The maximum Gasteiger partial charge on any atom is 0.339 e. The van der Waals surface area contributed by atoms with Gasteiger partial charge in [-0.2, -0.15) is 8.42 Å². The molecule has 3 aromatic rings. The van der Waals surface area contributed by atoms with Crippen molar-refractivity contribution in [2.75, 3.05) is 0 Å². The molecule has 6 rings (SSSR count). The smallest absolute Gasteiger partial charge is 0.339 e. The van der Waals surface area contributed by atoms with E-state index >= 15 is 0 Å². The normalized spacial score (nSPS) is 23.6. The number of hydrogen-bond donors (Lipinski definition) is 2. The minimum atomic E-state index is -3.99. The number of allylic oxidation sites excluding steroid dienone is 2. The van der Waals surface area contributed by atoms with E-state index in [9.17, 15) is 18.0 Å². The first kappa shape index (κ1) is 28.4. The zero-order chi connectivity index (χ0) is 28.5. The lowest BCUT2D eigenvalue weighted by Crippen LogP contribution is -2.63. The molecule has 7 nitrogen and oxygen atoms in total. The Kier molecular flexibility index (Phi) is 8.06. The summed E-state index contributed by atoms with van der Waals surface area (Å²) in [6, 6.07) is 13.0. The largest absolute Gasteiger partial charge is 0.481 e. The van der Waals surface area contributed by atoms with Crippen molar-refractivity contribution in [3.63, 3.8) is 0 Å². The number of carboxylic acid groups (broad SMARTS) is 1. The van der Waals surface area contributed by atoms with E-state index < -0.39 is 16.1 Å². The predicted octanol–water partition coefficient (Wildman–Crippen LogP) is 6.65. The molecule has 1 heterocycles. The predicted molar refractivity (Wildman–Crippen MR) is 156 cm³/mol. The van der Waals surface area contributed by atoms with Gasteiger partial charge in [0.1, 0.15) is 10.6 Å². The Hall–Kier alpha value is -3.17. The fraction of sp³-hybridized carbons (Fsp3) is 0.419. The maximum atomic E-state index is 13.7. The summed E-state index contributed by atoms with van der Waals surface area (Å²) in [5.41, 5.74) is 0.688. The summed E-state index contributed by atoms with van der Waals surface area (Å²) in [5, 5.41) is 14.7. The molecule has 4 atom stereocenters. The second kappa shape index (κ2) is 11.4. The average Bonchev–Trinajstić information content (AvgIpc) is 3.34. The van der Waals surface area contributed by atoms with Crippen LogP contribution in [-0.2, 0) is 14.9 Å². The van der Waals surface area contributed by atoms with Gasteiger partial charge in [-0.05, 0) is 85.6 Å². The molecule has 1 aromatic heterocycles. The number of carboxylic acids is 1. The van der Waals surface area contributed by atoms with Crippen LogP contribution in [0.5, 0.6) is 5.75 Å². The van der Waals surface area contributed by atoms with Crippen LogP contribution in [0.15, 0.2) is 71.0 Å². The molecule has 3 aliphatic carbocycles. The third-order valence-corrected chi connectivity index (χ3v) is 11.0. The molecular weight excluding hydrogens is 546 g/mol. The maximum absolute atomic E-state index is 13.7. The summed E-state index contributed by atoms with van der Waals surface area (Å²) in [4.78, 5) is 24.5. The minimum absolute atomic E-state index is 0.0315. The fourth-order valence-corrected chi connectivity index (χ4v) is 8.22. The summed E-state index contributed by atoms with van der Waals surface area (Å²) in [6.45, 7) is 4.58. The molecule has 0 aliphatic heterocycles. The van der Waals surface area contributed by atoms with Crippen LogP contribution < -0.4 is 9.50 Å². The lowest BCUT2D eigenvalue weighted by Gasteiger charge is -2.62. The molecule has 1 amide bonds. The third kappa shape index (κ3) is 5.81. The minimum Gasteiger partial charge on any atom is -0.481 e. The van der Waals surface area contributed by atoms with E-state index in [1.807, 2.05) is 5.38 Å². The van der Waals surface area contributed by atoms with Gasteiger partial charge in [0.05, 0.1) is 5.56 Å². The number of carbonyl (C=O) groups excluding carboxylic acids is 1. The highest BCUT2D eigenvalue weighted by Gasteiger charge is 2.57. The van der Waals surface area contributed by atoms with Crippen molar-refractivity contribution in [1.29, 1.82) is 0 Å². The number of fused-ring (bicyclic) bond motifs is 3. The second-order valence-electron chi connectivity index (χ2n) is 11.5. The number of benzene rings is 2. The van der Waals surface area contributed by atoms with E-state index in [1.54, 1.807) is 36.4 Å². The van der Waals surface area contributed by atoms with Gasteiger partial charge < -0.3 is 14.6 Å². The van der Waals surface area contributed by atoms with E-state index in [-0.39, 0.29) is 34.4 Å². The zero-order valence-electron chi connectivity index (χ0n) is 22.7. The van der Waals surface area contributed by atoms with Gasteiger partial charge in [-0.15, -0.1) is 11.3 Å². The van der Waals surface area contributed by atoms with E-state index in [1.165, 1.54) is 23.5 Å². The van der Waals surface area contributed by atoms with Gasteiger partial charge in [0.2, 0.25) is 0 Å². The van der Waals surface area contributed by atoms with Crippen LogP contribution in [0.3, 0.4) is 0 Å². The van der Waals surface area contributed by atoms with Gasteiger partial charge in [0, 0.05) is 27.9 Å². The number of thiophene rings is 1. The highest BCUT2D eigenvalue weighted by atomic mass is 32.2. The van der Waals surface area contributed by atoms with Crippen LogP contribution in [-0.4, -0.2) is 31.4 Å². The van der Waals surface area contributed by atoms with Crippen molar-refractivity contribution < 1.29 is 27.3 Å². The van der Waals surface area contributed by atoms with E-state index in [2.05, 4.69) is 31.3 Å². The first-order valence-electron chi connectivity index (χ1n) is 13.7. The van der Waals surface area contributed by atoms with E-state index in [0.717, 1.165) is 30.4 Å². The van der Waals surface area contributed by atoms with Crippen LogP contribution >= 0.6 is 11.3 Å². The Bertz CT molecular complexity index is 1530. The van der Waals surface area contributed by atoms with E-state index in [0.29, 0.717) is 35.1 Å². The number of rotatable bonds is 11. The summed E-state index contributed by atoms with van der Waals surface area (Å²) in [6.07, 6.45) is 8.73. The van der Waals surface area contributed by atoms with Crippen LogP contribution in [0, 0.1) is 23.2 Å². The van der Waals surface area contributed by atoms with Crippen LogP contribution in [0.1, 0.15) is 62.7 Å². The van der Waals surface area contributed by atoms with Crippen LogP contribution in [0.25, 0.3) is 10.1 Å². The quantitative estimate of drug-likeness (QED) is 0.149. The molecular formula is C31H35NO6S2. The Labute approximate surface area is 239 Å². The molecule has 2 bridgehead atoms. The number of aliphatic carboxylic acids is 1. The van der Waals surface area contributed by atoms with Crippen LogP contribution in [0.4, 0.5) is 0 Å². The average molecular weight is 582 g/mol. The first-order valence-corrected chi connectivity index (χ1v) is 16.0. The Morgan fingerprint density at radius 1 is 1.12 bits per heavy atom. The summed E-state index contributed by atoms with van der Waals surface area (Å²) >= 11 is 1.44. The van der Waals surface area contributed by atoms with Crippen molar-refractivity contribution in [1.82, 2.24) is 5.32 Å². The van der Waals surface area contributed by atoms with Crippen molar-refractivity contribution in [3.8, 4) is 5.75 Å². The van der Waals surface area contributed by atoms with Crippen molar-refractivity contribution in [2.24, 2.45) is 23.2 Å². The first-order chi connectivity index (χ1) is 19.1. The van der Waals surface area contributed by atoms with Gasteiger partial charge in [0.15, 0.2) is 0 Å². The van der Waals surface area contributed by atoms with Crippen molar-refractivity contribution >= 4 is 43.4 Å². The topological polar surface area (TPSA) is 110 Å². The summed E-state index contributed by atoms with van der Waals surface area (Å²) in [5.74, 6) is 0.579. The lowest BCUT2D eigenvalue weighted by atomic mass is 9.44. The standard InChI is InChI=1S/C31H35NO6S2/c1-31(2)21-16-20(10-6-3-4-9-13-28(33)34)29(26(31)17-21)32-30(35)25-19-39-27-15-14-22(18-24(25)27)38-40(36,37)23-11-7-5-8-12-23/h3,5-8,11-12,14-15,18-21,26,29H,4,9-10,13,16-17H2,1-2H3,(H,32,35)(H,33,34)/b6-3-/t20-,21+,26+,29+/m1/s1. The molecule has 2 N–H and O–H groups in total. The van der Waals surface area contributed by atoms with Crippen molar-refractivity contribution in [3.05, 3.63) is 71.6 Å². The van der Waals surface area contributed by atoms with Gasteiger partial charge in [-0.3, -0.25) is 9.59 Å². The molecule has 40 heavy (non-hydrogen) atoms. The molecule has 0 unspecified atom stereocenters. The van der Waals surface area contributed by atoms with Gasteiger partial charge in [-0.25, -0.2) is 0 Å². The fourth-order valence-electron chi connectivity index (χ4n) is 6.35. The number of unbranched alkanes of at least 4 members (excludes halogenated alkanes) is 1. The zero-order valence-corrected chi connectivity index (χ0v) is 24.3. The highest BCUT2D eigenvalue weighted by molar-refractivity contribution is 7.87. The highest BCUT2D eigenvalue weighted by Crippen LogP contribution is 2.61. The van der Waals surface area contributed by atoms with Crippen molar-refractivity contribution in [2.45, 2.75) is 63.3 Å². The monoisotopic (exact) mass is 581 g/mol. The van der Waals surface area contributed by atoms with Crippen LogP contribution in [0.2, 0.25) is 0 Å². The molecule has 3 aliphatic rings. The Balaban J connectivity index is 1.32. The molecule has 0 radical (unpaired) electrons. The molecule has 0 spiro atoms. The second-order valence-corrected chi connectivity index (χ2v) is 14.0. The van der Waals surface area contributed by atoms with Gasteiger partial charge in [0.25, 0.3) is 5.91 Å². The number of amides is 1. The summed E-state index contributed by atoms with van der Waals surface area (Å²) in [7, 11) is -3.99. The molecule has 3 fully saturated rings. The molecule has 212 valence electrons. The van der Waals surface area contributed by atoms with E-state index in [4.69, 9.17) is 9.29 Å². The van der Waals surface area contributed by atoms with Gasteiger partial charge >= 0.3 is 16.1 Å². The Morgan fingerprint density at radius 3 is 2.62 bits per heavy atom. The number of hydrogen-bond acceptors (Lipinski definition) is 6. The molecule has 3 saturated carbocycles.